The van der Waals surface area contributed by atoms with Crippen LogP contribution in [-0.4, -0.2) is 39.4 Å². The van der Waals surface area contributed by atoms with Crippen LogP contribution < -0.4 is 4.72 Å². The first-order chi connectivity index (χ1) is 7.97. The maximum absolute atomic E-state index is 11.8. The van der Waals surface area contributed by atoms with Gasteiger partial charge in [0, 0.05) is 13.6 Å². The average Bonchev–Trinajstić information content (AvgIpc) is 2.36. The molecule has 17 heavy (non-hydrogen) atoms. The number of hydrogen-bond donors (Lipinski definition) is 1. The van der Waals surface area contributed by atoms with Gasteiger partial charge in [-0.2, -0.15) is 0 Å². The summed E-state index contributed by atoms with van der Waals surface area (Å²) in [6.07, 6.45) is 0. The van der Waals surface area contributed by atoms with E-state index in [4.69, 9.17) is 0 Å². The molecule has 0 heterocycles. The minimum atomic E-state index is -3.59. The van der Waals surface area contributed by atoms with Gasteiger partial charge in [0.15, 0.2) is 0 Å². The van der Waals surface area contributed by atoms with E-state index >= 15 is 0 Å². The number of carbonyl (C=O) groups is 1. The number of likely N-dealkylation sites (N-methyl/N-ethyl adjacent to an activating group) is 1. The highest BCUT2D eigenvalue weighted by Gasteiger charge is 2.15. The molecule has 1 aromatic rings. The fourth-order valence-corrected chi connectivity index (χ4v) is 2.15. The average molecular weight is 256 g/mol. The van der Waals surface area contributed by atoms with Gasteiger partial charge in [0.25, 0.3) is 0 Å². The van der Waals surface area contributed by atoms with E-state index in [1.54, 1.807) is 25.2 Å². The Labute approximate surface area is 101 Å². The van der Waals surface area contributed by atoms with E-state index in [1.807, 2.05) is 6.92 Å². The summed E-state index contributed by atoms with van der Waals surface area (Å²) in [5.41, 5.74) is 0. The summed E-state index contributed by atoms with van der Waals surface area (Å²) >= 11 is 0. The molecule has 0 bridgehead atoms. The van der Waals surface area contributed by atoms with Crippen LogP contribution in [0.3, 0.4) is 0 Å². The number of rotatable bonds is 5. The molecule has 0 fully saturated rings. The molecule has 0 saturated carbocycles. The third-order valence-corrected chi connectivity index (χ3v) is 3.78. The van der Waals surface area contributed by atoms with Gasteiger partial charge in [-0.15, -0.1) is 0 Å². The molecule has 0 saturated heterocycles. The molecule has 1 amide bonds. The second kappa shape index (κ2) is 5.79. The van der Waals surface area contributed by atoms with E-state index in [1.165, 1.54) is 17.0 Å². The summed E-state index contributed by atoms with van der Waals surface area (Å²) in [4.78, 5) is 13.1. The highest BCUT2D eigenvalue weighted by molar-refractivity contribution is 7.89. The van der Waals surface area contributed by atoms with Crippen molar-refractivity contribution in [3.8, 4) is 0 Å². The van der Waals surface area contributed by atoms with Crippen LogP contribution >= 0.6 is 0 Å². The Morgan fingerprint density at radius 3 is 2.41 bits per heavy atom. The lowest BCUT2D eigenvalue weighted by Gasteiger charge is -2.14. The summed E-state index contributed by atoms with van der Waals surface area (Å²) in [6.45, 7) is 2.15. The SMILES string of the molecule is CCN(C)C(=O)CNS(=O)(=O)c1ccccc1. The molecule has 1 N–H and O–H groups in total. The van der Waals surface area contributed by atoms with Crippen LogP contribution in [0.15, 0.2) is 35.2 Å². The van der Waals surface area contributed by atoms with Crippen LogP contribution in [0, 0.1) is 0 Å². The number of nitrogens with one attached hydrogen (secondary N) is 1. The first-order valence-corrected chi connectivity index (χ1v) is 6.74. The Morgan fingerprint density at radius 1 is 1.29 bits per heavy atom. The minimum absolute atomic E-state index is 0.159. The van der Waals surface area contributed by atoms with E-state index in [0.29, 0.717) is 6.54 Å². The monoisotopic (exact) mass is 256 g/mol. The van der Waals surface area contributed by atoms with Crippen molar-refractivity contribution in [2.45, 2.75) is 11.8 Å². The molecule has 0 aliphatic carbocycles. The topological polar surface area (TPSA) is 66.5 Å². The molecule has 0 aliphatic heterocycles. The Balaban J connectivity index is 2.67. The number of nitrogens with zero attached hydrogens (tertiary/aromatic N) is 1. The zero-order valence-corrected chi connectivity index (χ0v) is 10.7. The predicted molar refractivity (Wildman–Crippen MR) is 64.9 cm³/mol. The molecule has 94 valence electrons. The zero-order valence-electron chi connectivity index (χ0n) is 9.88. The molecule has 0 aromatic heterocycles. The molecular weight excluding hydrogens is 240 g/mol. The van der Waals surface area contributed by atoms with Gasteiger partial charge in [0.1, 0.15) is 0 Å². The first kappa shape index (κ1) is 13.7. The maximum atomic E-state index is 11.8. The summed E-state index contributed by atoms with van der Waals surface area (Å²) in [5, 5.41) is 0. The first-order valence-electron chi connectivity index (χ1n) is 5.26. The molecule has 0 unspecified atom stereocenters. The fraction of sp³-hybridized carbons (Fsp3) is 0.364. The van der Waals surface area contributed by atoms with Gasteiger partial charge in [-0.1, -0.05) is 18.2 Å². The molecule has 0 spiro atoms. The molecule has 6 heteroatoms. The van der Waals surface area contributed by atoms with Crippen molar-refractivity contribution in [3.05, 3.63) is 30.3 Å². The van der Waals surface area contributed by atoms with E-state index in [2.05, 4.69) is 4.72 Å². The van der Waals surface area contributed by atoms with Crippen molar-refractivity contribution < 1.29 is 13.2 Å². The lowest BCUT2D eigenvalue weighted by molar-refractivity contribution is -0.128. The highest BCUT2D eigenvalue weighted by atomic mass is 32.2. The van der Waals surface area contributed by atoms with Crippen LogP contribution in [0.25, 0.3) is 0 Å². The lowest BCUT2D eigenvalue weighted by Crippen LogP contribution is -2.37. The van der Waals surface area contributed by atoms with E-state index in [0.717, 1.165) is 0 Å². The smallest absolute Gasteiger partial charge is 0.241 e. The van der Waals surface area contributed by atoms with E-state index < -0.39 is 10.0 Å². The van der Waals surface area contributed by atoms with Crippen LogP contribution in [0.4, 0.5) is 0 Å². The minimum Gasteiger partial charge on any atom is -0.345 e. The summed E-state index contributed by atoms with van der Waals surface area (Å²) in [5.74, 6) is -0.257. The van der Waals surface area contributed by atoms with Crippen LogP contribution in [0.5, 0.6) is 0 Å². The van der Waals surface area contributed by atoms with Gasteiger partial charge < -0.3 is 4.90 Å². The van der Waals surface area contributed by atoms with Gasteiger partial charge in [-0.3, -0.25) is 4.79 Å². The fourth-order valence-electron chi connectivity index (χ4n) is 1.15. The third-order valence-electron chi connectivity index (χ3n) is 2.37. The molecule has 5 nitrogen and oxygen atoms in total. The molecule has 0 atom stereocenters. The van der Waals surface area contributed by atoms with Gasteiger partial charge in [0.2, 0.25) is 15.9 Å². The number of benzene rings is 1. The Morgan fingerprint density at radius 2 is 1.88 bits per heavy atom. The zero-order chi connectivity index (χ0) is 12.9. The quantitative estimate of drug-likeness (QED) is 0.831. The number of sulfonamides is 1. The number of carbonyl (C=O) groups excluding carboxylic acids is 1. The summed E-state index contributed by atoms with van der Waals surface area (Å²) < 4.78 is 25.8. The standard InChI is InChI=1S/C11H16N2O3S/c1-3-13(2)11(14)9-12-17(15,16)10-7-5-4-6-8-10/h4-8,12H,3,9H2,1-2H3. The van der Waals surface area contributed by atoms with Gasteiger partial charge in [-0.05, 0) is 19.1 Å². The Kier molecular flexibility index (Phi) is 4.65. The molecule has 0 radical (unpaired) electrons. The summed E-state index contributed by atoms with van der Waals surface area (Å²) in [7, 11) is -1.97. The predicted octanol–water partition coefficient (Wildman–Crippen LogP) is 0.443. The van der Waals surface area contributed by atoms with Crippen molar-refractivity contribution >= 4 is 15.9 Å². The molecule has 1 aromatic carbocycles. The molecule has 1 rings (SSSR count). The second-order valence-corrected chi connectivity index (χ2v) is 5.31. The molecular formula is C11H16N2O3S. The van der Waals surface area contributed by atoms with Crippen LogP contribution in [0.2, 0.25) is 0 Å². The van der Waals surface area contributed by atoms with Gasteiger partial charge >= 0.3 is 0 Å². The van der Waals surface area contributed by atoms with Crippen molar-refractivity contribution in [3.63, 3.8) is 0 Å². The second-order valence-electron chi connectivity index (χ2n) is 3.55. The number of amides is 1. The van der Waals surface area contributed by atoms with Crippen LogP contribution in [-0.2, 0) is 14.8 Å². The highest BCUT2D eigenvalue weighted by Crippen LogP contribution is 2.06. The number of hydrogen-bond acceptors (Lipinski definition) is 3. The van der Waals surface area contributed by atoms with Crippen molar-refractivity contribution in [2.24, 2.45) is 0 Å². The third kappa shape index (κ3) is 3.83. The van der Waals surface area contributed by atoms with Gasteiger partial charge in [-0.25, -0.2) is 13.1 Å². The van der Waals surface area contributed by atoms with Crippen LogP contribution in [0.1, 0.15) is 6.92 Å². The largest absolute Gasteiger partial charge is 0.345 e. The van der Waals surface area contributed by atoms with Crippen molar-refractivity contribution in [1.82, 2.24) is 9.62 Å². The molecule has 0 aliphatic rings. The Hall–Kier alpha value is -1.40. The van der Waals surface area contributed by atoms with E-state index in [-0.39, 0.29) is 17.3 Å². The van der Waals surface area contributed by atoms with Gasteiger partial charge in [0.05, 0.1) is 11.4 Å². The van der Waals surface area contributed by atoms with Crippen molar-refractivity contribution in [1.29, 1.82) is 0 Å². The normalized spacial score (nSPS) is 11.2. The maximum Gasteiger partial charge on any atom is 0.241 e. The van der Waals surface area contributed by atoms with Crippen molar-refractivity contribution in [2.75, 3.05) is 20.1 Å². The lowest BCUT2D eigenvalue weighted by atomic mass is 10.4. The van der Waals surface area contributed by atoms with E-state index in [9.17, 15) is 13.2 Å². The summed E-state index contributed by atoms with van der Waals surface area (Å²) in [6, 6.07) is 7.96. The Bertz CT molecular complexity index is 471.